The summed E-state index contributed by atoms with van der Waals surface area (Å²) in [5, 5.41) is 9.40. The van der Waals surface area contributed by atoms with Crippen molar-refractivity contribution in [3.63, 3.8) is 0 Å². The maximum atomic E-state index is 13.5. The van der Waals surface area contributed by atoms with Gasteiger partial charge in [-0.2, -0.15) is 0 Å². The normalized spacial score (nSPS) is 15.1. The number of benzene rings is 2. The molecule has 1 aliphatic heterocycles. The second-order valence-corrected chi connectivity index (χ2v) is 8.52. The molecule has 2 aromatic carbocycles. The predicted molar refractivity (Wildman–Crippen MR) is 129 cm³/mol. The van der Waals surface area contributed by atoms with Gasteiger partial charge in [0.25, 0.3) is 5.91 Å². The molecule has 1 aromatic heterocycles. The van der Waals surface area contributed by atoms with E-state index in [0.717, 1.165) is 25.9 Å². The first kappa shape index (κ1) is 23.8. The molecule has 1 fully saturated rings. The SMILES string of the molecule is C=C(F)C(=O)Nc1cc2c(Nc3ccc(F)c(Cl)c3)ncnc2cc1OC(C)C1CCNCC1. The minimum absolute atomic E-state index is 0.0413. The first-order chi connectivity index (χ1) is 16.3. The number of nitrogens with zero attached hydrogens (tertiary/aromatic N) is 2. The molecule has 0 bridgehead atoms. The van der Waals surface area contributed by atoms with Crippen LogP contribution in [0.4, 0.5) is 26.0 Å². The lowest BCUT2D eigenvalue weighted by Gasteiger charge is -2.29. The van der Waals surface area contributed by atoms with E-state index >= 15 is 0 Å². The number of nitrogens with one attached hydrogen (secondary N) is 3. The van der Waals surface area contributed by atoms with Crippen LogP contribution in [0.5, 0.6) is 5.75 Å². The van der Waals surface area contributed by atoms with Gasteiger partial charge in [0.2, 0.25) is 0 Å². The van der Waals surface area contributed by atoms with Gasteiger partial charge in [0.1, 0.15) is 23.7 Å². The highest BCUT2D eigenvalue weighted by Gasteiger charge is 2.23. The molecule has 3 N–H and O–H groups in total. The first-order valence-corrected chi connectivity index (χ1v) is 11.2. The topological polar surface area (TPSA) is 88.2 Å². The third-order valence-corrected chi connectivity index (χ3v) is 6.06. The van der Waals surface area contributed by atoms with E-state index in [1.165, 1.54) is 24.5 Å². The number of aromatic nitrogens is 2. The van der Waals surface area contributed by atoms with Gasteiger partial charge in [-0.3, -0.25) is 4.79 Å². The standard InChI is InChI=1S/C24H24ClF2N5O2/c1-13(26)24(33)32-21-10-17-20(11-22(21)34-14(2)15-5-7-28-8-6-15)29-12-30-23(17)31-16-3-4-19(27)18(25)9-16/h3-4,9-12,14-15,28H,1,5-8H2,2H3,(H,32,33)(H,29,30,31). The third kappa shape index (κ3) is 5.43. The number of halogens is 3. The quantitative estimate of drug-likeness (QED) is 0.389. The molecule has 34 heavy (non-hydrogen) atoms. The highest BCUT2D eigenvalue weighted by molar-refractivity contribution is 6.31. The van der Waals surface area contributed by atoms with Crippen molar-refractivity contribution < 1.29 is 18.3 Å². The van der Waals surface area contributed by atoms with Crippen molar-refractivity contribution in [2.75, 3.05) is 23.7 Å². The molecule has 0 saturated carbocycles. The predicted octanol–water partition coefficient (Wildman–Crippen LogP) is 5.35. The maximum Gasteiger partial charge on any atom is 0.283 e. The molecule has 1 aliphatic rings. The monoisotopic (exact) mass is 487 g/mol. The summed E-state index contributed by atoms with van der Waals surface area (Å²) in [5.74, 6) is -1.55. The van der Waals surface area contributed by atoms with E-state index in [0.29, 0.717) is 34.1 Å². The minimum Gasteiger partial charge on any atom is -0.488 e. The Morgan fingerprint density at radius 2 is 2.03 bits per heavy atom. The smallest absolute Gasteiger partial charge is 0.283 e. The molecular formula is C24H24ClF2N5O2. The molecule has 3 aromatic rings. The number of hydrogen-bond donors (Lipinski definition) is 3. The lowest BCUT2D eigenvalue weighted by atomic mass is 9.93. The lowest BCUT2D eigenvalue weighted by molar-refractivity contribution is -0.114. The molecule has 0 radical (unpaired) electrons. The number of anilines is 3. The summed E-state index contributed by atoms with van der Waals surface area (Å²) in [6.45, 7) is 6.86. The first-order valence-electron chi connectivity index (χ1n) is 10.9. The Bertz CT molecular complexity index is 1230. The van der Waals surface area contributed by atoms with Crippen LogP contribution in [0.15, 0.2) is 49.1 Å². The zero-order chi connectivity index (χ0) is 24.2. The molecule has 2 heterocycles. The van der Waals surface area contributed by atoms with Crippen molar-refractivity contribution in [1.82, 2.24) is 15.3 Å². The summed E-state index contributed by atoms with van der Waals surface area (Å²) >= 11 is 5.88. The summed E-state index contributed by atoms with van der Waals surface area (Å²) in [4.78, 5) is 20.7. The van der Waals surface area contributed by atoms with Crippen LogP contribution in [0.3, 0.4) is 0 Å². The van der Waals surface area contributed by atoms with Gasteiger partial charge in [-0.1, -0.05) is 18.2 Å². The Morgan fingerprint density at radius 3 is 2.74 bits per heavy atom. The van der Waals surface area contributed by atoms with Crippen LogP contribution in [-0.4, -0.2) is 35.1 Å². The number of fused-ring (bicyclic) bond motifs is 1. The van der Waals surface area contributed by atoms with E-state index in [-0.39, 0.29) is 16.8 Å². The van der Waals surface area contributed by atoms with Crippen LogP contribution >= 0.6 is 11.6 Å². The van der Waals surface area contributed by atoms with Gasteiger partial charge in [-0.15, -0.1) is 0 Å². The van der Waals surface area contributed by atoms with Crippen molar-refractivity contribution in [3.05, 3.63) is 59.9 Å². The number of carbonyl (C=O) groups excluding carboxylic acids is 1. The fourth-order valence-corrected chi connectivity index (χ4v) is 4.07. The van der Waals surface area contributed by atoms with E-state index in [2.05, 4.69) is 32.5 Å². The summed E-state index contributed by atoms with van der Waals surface area (Å²) in [6.07, 6.45) is 3.17. The number of piperidine rings is 1. The fraction of sp³-hybridized carbons (Fsp3) is 0.292. The fourth-order valence-electron chi connectivity index (χ4n) is 3.89. The maximum absolute atomic E-state index is 13.5. The molecule has 0 aliphatic carbocycles. The lowest BCUT2D eigenvalue weighted by Crippen LogP contribution is -2.35. The average molecular weight is 488 g/mol. The zero-order valence-electron chi connectivity index (χ0n) is 18.5. The summed E-state index contributed by atoms with van der Waals surface area (Å²) in [7, 11) is 0. The number of hydrogen-bond acceptors (Lipinski definition) is 6. The van der Waals surface area contributed by atoms with Gasteiger partial charge in [-0.05, 0) is 63.0 Å². The van der Waals surface area contributed by atoms with E-state index in [1.54, 1.807) is 12.1 Å². The van der Waals surface area contributed by atoms with Crippen LogP contribution < -0.4 is 20.7 Å². The second-order valence-electron chi connectivity index (χ2n) is 8.11. The van der Waals surface area contributed by atoms with E-state index < -0.39 is 17.6 Å². The average Bonchev–Trinajstić information content (AvgIpc) is 2.82. The molecule has 1 unspecified atom stereocenters. The Labute approximate surface area is 200 Å². The van der Waals surface area contributed by atoms with Gasteiger partial charge in [0.05, 0.1) is 22.3 Å². The Morgan fingerprint density at radius 1 is 1.26 bits per heavy atom. The molecule has 1 saturated heterocycles. The molecule has 0 spiro atoms. The van der Waals surface area contributed by atoms with Crippen LogP contribution in [-0.2, 0) is 4.79 Å². The minimum atomic E-state index is -1.12. The molecule has 4 rings (SSSR count). The van der Waals surface area contributed by atoms with Crippen LogP contribution in [0, 0.1) is 11.7 Å². The van der Waals surface area contributed by atoms with Crippen molar-refractivity contribution in [2.45, 2.75) is 25.9 Å². The largest absolute Gasteiger partial charge is 0.488 e. The van der Waals surface area contributed by atoms with Gasteiger partial charge >= 0.3 is 0 Å². The molecule has 178 valence electrons. The number of carbonyl (C=O) groups is 1. The molecule has 1 atom stereocenters. The number of rotatable bonds is 7. The van der Waals surface area contributed by atoms with Gasteiger partial charge in [-0.25, -0.2) is 18.7 Å². The molecule has 7 nitrogen and oxygen atoms in total. The van der Waals surface area contributed by atoms with Gasteiger partial charge < -0.3 is 20.7 Å². The van der Waals surface area contributed by atoms with Crippen LogP contribution in [0.2, 0.25) is 5.02 Å². The van der Waals surface area contributed by atoms with Gasteiger partial charge in [0.15, 0.2) is 5.83 Å². The summed E-state index contributed by atoms with van der Waals surface area (Å²) in [6, 6.07) is 7.46. The van der Waals surface area contributed by atoms with Gasteiger partial charge in [0, 0.05) is 17.1 Å². The Kier molecular flexibility index (Phi) is 7.23. The summed E-state index contributed by atoms with van der Waals surface area (Å²) < 4.78 is 33.2. The Hall–Kier alpha value is -3.30. The van der Waals surface area contributed by atoms with Crippen molar-refractivity contribution in [3.8, 4) is 5.75 Å². The highest BCUT2D eigenvalue weighted by atomic mass is 35.5. The summed E-state index contributed by atoms with van der Waals surface area (Å²) in [5.41, 5.74) is 1.30. The van der Waals surface area contributed by atoms with Crippen molar-refractivity contribution in [2.24, 2.45) is 5.92 Å². The van der Waals surface area contributed by atoms with E-state index in [1.807, 2.05) is 6.92 Å². The molecular weight excluding hydrogens is 464 g/mol. The highest BCUT2D eigenvalue weighted by Crippen LogP contribution is 2.35. The zero-order valence-corrected chi connectivity index (χ0v) is 19.3. The molecule has 10 heteroatoms. The number of ether oxygens (including phenoxy) is 1. The van der Waals surface area contributed by atoms with E-state index in [4.69, 9.17) is 16.3 Å². The third-order valence-electron chi connectivity index (χ3n) is 5.77. The second kappa shape index (κ2) is 10.3. The van der Waals surface area contributed by atoms with Crippen LogP contribution in [0.25, 0.3) is 10.9 Å². The van der Waals surface area contributed by atoms with E-state index in [9.17, 15) is 13.6 Å². The Balaban J connectivity index is 1.71. The van der Waals surface area contributed by atoms with Crippen molar-refractivity contribution in [1.29, 1.82) is 0 Å². The van der Waals surface area contributed by atoms with Crippen molar-refractivity contribution >= 4 is 45.6 Å². The molecule has 1 amide bonds. The number of amides is 1. The van der Waals surface area contributed by atoms with Crippen LogP contribution in [0.1, 0.15) is 19.8 Å².